The van der Waals surface area contributed by atoms with E-state index in [0.717, 1.165) is 5.69 Å². The molecular weight excluding hydrogens is 261 g/mol. The Kier molecular flexibility index (Phi) is 2.90. The summed E-state index contributed by atoms with van der Waals surface area (Å²) in [5, 5.41) is 7.73. The van der Waals surface area contributed by atoms with Crippen LogP contribution in [0.15, 0.2) is 40.9 Å². The van der Waals surface area contributed by atoms with Crippen LogP contribution in [-0.4, -0.2) is 21.3 Å². The van der Waals surface area contributed by atoms with E-state index in [9.17, 15) is 9.18 Å². The minimum atomic E-state index is -0.456. The molecule has 0 spiro atoms. The minimum absolute atomic E-state index is 0.162. The molecule has 5 nitrogen and oxygen atoms in total. The number of aryl methyl sites for hydroxylation is 1. The number of hydrogen-bond donors (Lipinski definition) is 0. The standard InChI is InChI=1S/C14H10FN3O2/c1-9-7-18(17-16-9)10-2-4-12(13(15)6-10)14-5-3-11(8-19)20-14/h2-8H,1H3. The number of benzene rings is 1. The van der Waals surface area contributed by atoms with Crippen LogP contribution in [0.5, 0.6) is 0 Å². The number of nitrogens with zero attached hydrogens (tertiary/aromatic N) is 3. The summed E-state index contributed by atoms with van der Waals surface area (Å²) in [4.78, 5) is 10.6. The quantitative estimate of drug-likeness (QED) is 0.687. The van der Waals surface area contributed by atoms with Gasteiger partial charge in [0.25, 0.3) is 0 Å². The smallest absolute Gasteiger partial charge is 0.185 e. The molecule has 3 aromatic rings. The summed E-state index contributed by atoms with van der Waals surface area (Å²) in [5.74, 6) is 0.0174. The number of furan rings is 1. The van der Waals surface area contributed by atoms with E-state index < -0.39 is 5.82 Å². The summed E-state index contributed by atoms with van der Waals surface area (Å²) in [5.41, 5.74) is 1.60. The average Bonchev–Trinajstić information content (AvgIpc) is 3.07. The number of aldehydes is 1. The van der Waals surface area contributed by atoms with Crippen molar-refractivity contribution in [1.29, 1.82) is 0 Å². The molecule has 0 saturated heterocycles. The van der Waals surface area contributed by atoms with Gasteiger partial charge in [0.2, 0.25) is 0 Å². The monoisotopic (exact) mass is 271 g/mol. The fraction of sp³-hybridized carbons (Fsp3) is 0.0714. The fourth-order valence-electron chi connectivity index (χ4n) is 1.88. The summed E-state index contributed by atoms with van der Waals surface area (Å²) >= 11 is 0. The molecule has 20 heavy (non-hydrogen) atoms. The molecule has 0 atom stereocenters. The summed E-state index contributed by atoms with van der Waals surface area (Å²) in [6, 6.07) is 7.68. The Labute approximate surface area is 113 Å². The summed E-state index contributed by atoms with van der Waals surface area (Å²) < 4.78 is 20.8. The van der Waals surface area contributed by atoms with Gasteiger partial charge in [0.15, 0.2) is 12.0 Å². The number of carbonyl (C=O) groups is 1. The van der Waals surface area contributed by atoms with Crippen LogP contribution in [0.25, 0.3) is 17.0 Å². The van der Waals surface area contributed by atoms with Gasteiger partial charge in [0.05, 0.1) is 23.1 Å². The highest BCUT2D eigenvalue weighted by molar-refractivity contribution is 5.73. The van der Waals surface area contributed by atoms with Gasteiger partial charge in [-0.05, 0) is 31.2 Å². The van der Waals surface area contributed by atoms with Gasteiger partial charge in [-0.25, -0.2) is 9.07 Å². The Morgan fingerprint density at radius 2 is 2.15 bits per heavy atom. The van der Waals surface area contributed by atoms with E-state index in [1.807, 2.05) is 0 Å². The van der Waals surface area contributed by atoms with Crippen LogP contribution >= 0.6 is 0 Å². The van der Waals surface area contributed by atoms with Crippen LogP contribution in [0, 0.1) is 12.7 Å². The third-order valence-electron chi connectivity index (χ3n) is 2.83. The number of halogens is 1. The molecule has 1 aromatic carbocycles. The Morgan fingerprint density at radius 3 is 2.75 bits per heavy atom. The van der Waals surface area contributed by atoms with E-state index in [1.165, 1.54) is 16.8 Å². The van der Waals surface area contributed by atoms with Crippen molar-refractivity contribution >= 4 is 6.29 Å². The SMILES string of the molecule is Cc1cn(-c2ccc(-c3ccc(C=O)o3)c(F)c2)nn1. The summed E-state index contributed by atoms with van der Waals surface area (Å²) in [7, 11) is 0. The molecule has 0 amide bonds. The Bertz CT molecular complexity index is 776. The van der Waals surface area contributed by atoms with Gasteiger partial charge in [0.1, 0.15) is 11.6 Å². The predicted molar refractivity (Wildman–Crippen MR) is 69.1 cm³/mol. The summed E-state index contributed by atoms with van der Waals surface area (Å²) in [6.45, 7) is 1.80. The lowest BCUT2D eigenvalue weighted by molar-refractivity contribution is 0.110. The molecule has 2 aromatic heterocycles. The van der Waals surface area contributed by atoms with Gasteiger partial charge in [-0.2, -0.15) is 0 Å². The molecule has 6 heteroatoms. The predicted octanol–water partition coefficient (Wildman–Crippen LogP) is 2.79. The molecule has 0 unspecified atom stereocenters. The Hall–Kier alpha value is -2.76. The van der Waals surface area contributed by atoms with Crippen molar-refractivity contribution in [2.24, 2.45) is 0 Å². The molecule has 0 fully saturated rings. The molecule has 0 aliphatic rings. The maximum atomic E-state index is 14.1. The van der Waals surface area contributed by atoms with Gasteiger partial charge < -0.3 is 4.42 Å². The highest BCUT2D eigenvalue weighted by Gasteiger charge is 2.11. The topological polar surface area (TPSA) is 60.9 Å². The molecule has 100 valence electrons. The first-order valence-electron chi connectivity index (χ1n) is 5.91. The molecule has 0 bridgehead atoms. The maximum absolute atomic E-state index is 14.1. The van der Waals surface area contributed by atoms with E-state index in [1.54, 1.807) is 31.3 Å². The normalized spacial score (nSPS) is 10.7. The molecule has 0 radical (unpaired) electrons. The lowest BCUT2D eigenvalue weighted by Crippen LogP contribution is -1.96. The van der Waals surface area contributed by atoms with Crippen molar-refractivity contribution in [3.63, 3.8) is 0 Å². The van der Waals surface area contributed by atoms with Crippen molar-refractivity contribution in [1.82, 2.24) is 15.0 Å². The molecule has 0 N–H and O–H groups in total. The van der Waals surface area contributed by atoms with E-state index in [2.05, 4.69) is 10.3 Å². The lowest BCUT2D eigenvalue weighted by atomic mass is 10.1. The number of carbonyl (C=O) groups excluding carboxylic acids is 1. The first-order valence-corrected chi connectivity index (χ1v) is 5.91. The van der Waals surface area contributed by atoms with Crippen molar-refractivity contribution in [2.75, 3.05) is 0 Å². The van der Waals surface area contributed by atoms with Crippen molar-refractivity contribution < 1.29 is 13.6 Å². The van der Waals surface area contributed by atoms with Crippen LogP contribution in [0.2, 0.25) is 0 Å². The van der Waals surface area contributed by atoms with E-state index >= 15 is 0 Å². The van der Waals surface area contributed by atoms with Crippen LogP contribution in [0.1, 0.15) is 16.2 Å². The molecule has 0 aliphatic carbocycles. The van der Waals surface area contributed by atoms with Gasteiger partial charge in [0, 0.05) is 6.07 Å². The van der Waals surface area contributed by atoms with E-state index in [-0.39, 0.29) is 5.76 Å². The second-order valence-corrected chi connectivity index (χ2v) is 4.29. The van der Waals surface area contributed by atoms with Crippen LogP contribution in [0.4, 0.5) is 4.39 Å². The number of rotatable bonds is 3. The van der Waals surface area contributed by atoms with Gasteiger partial charge in [-0.15, -0.1) is 5.10 Å². The van der Waals surface area contributed by atoms with E-state index in [4.69, 9.17) is 4.42 Å². The van der Waals surface area contributed by atoms with Crippen molar-refractivity contribution in [3.8, 4) is 17.0 Å². The van der Waals surface area contributed by atoms with Gasteiger partial charge in [-0.1, -0.05) is 5.21 Å². The number of hydrogen-bond acceptors (Lipinski definition) is 4. The molecule has 0 saturated carbocycles. The zero-order valence-electron chi connectivity index (χ0n) is 10.6. The molecule has 3 rings (SSSR count). The Balaban J connectivity index is 2.01. The van der Waals surface area contributed by atoms with Crippen LogP contribution in [0.3, 0.4) is 0 Å². The lowest BCUT2D eigenvalue weighted by Gasteiger charge is -2.03. The van der Waals surface area contributed by atoms with Crippen molar-refractivity contribution in [2.45, 2.75) is 6.92 Å². The molecule has 0 aliphatic heterocycles. The van der Waals surface area contributed by atoms with Crippen molar-refractivity contribution in [3.05, 3.63) is 53.8 Å². The third-order valence-corrected chi connectivity index (χ3v) is 2.83. The van der Waals surface area contributed by atoms with Crippen LogP contribution < -0.4 is 0 Å². The number of aromatic nitrogens is 3. The third kappa shape index (κ3) is 2.11. The largest absolute Gasteiger partial charge is 0.453 e. The molecule has 2 heterocycles. The Morgan fingerprint density at radius 1 is 1.30 bits per heavy atom. The van der Waals surface area contributed by atoms with Gasteiger partial charge >= 0.3 is 0 Å². The maximum Gasteiger partial charge on any atom is 0.185 e. The average molecular weight is 271 g/mol. The zero-order chi connectivity index (χ0) is 14.1. The highest BCUT2D eigenvalue weighted by Crippen LogP contribution is 2.26. The second-order valence-electron chi connectivity index (χ2n) is 4.29. The molecular formula is C14H10FN3O2. The van der Waals surface area contributed by atoms with Crippen LogP contribution in [-0.2, 0) is 0 Å². The first kappa shape index (κ1) is 12.3. The zero-order valence-corrected chi connectivity index (χ0v) is 10.6. The summed E-state index contributed by atoms with van der Waals surface area (Å²) in [6.07, 6.45) is 2.28. The fourth-order valence-corrected chi connectivity index (χ4v) is 1.88. The second kappa shape index (κ2) is 4.73. The van der Waals surface area contributed by atoms with E-state index in [0.29, 0.717) is 23.3 Å². The van der Waals surface area contributed by atoms with Gasteiger partial charge in [-0.3, -0.25) is 4.79 Å². The highest BCUT2D eigenvalue weighted by atomic mass is 19.1. The minimum Gasteiger partial charge on any atom is -0.453 e. The first-order chi connectivity index (χ1) is 9.67.